The first-order chi connectivity index (χ1) is 35.3. The highest BCUT2D eigenvalue weighted by atomic mass is 35.5. The number of unbranched alkanes of at least 4 members (excludes halogenated alkanes) is 1. The lowest BCUT2D eigenvalue weighted by Crippen LogP contribution is -2.60. The summed E-state index contributed by atoms with van der Waals surface area (Å²) in [5, 5.41) is 15.3. The molecule has 17 nitrogen and oxygen atoms in total. The molecular weight excluding hydrogens is 985 g/mol. The van der Waals surface area contributed by atoms with Crippen molar-refractivity contribution in [1.29, 1.82) is 0 Å². The molecular formula is C53H56Cl2FN7O10. The Hall–Kier alpha value is -6.15. The van der Waals surface area contributed by atoms with Crippen molar-refractivity contribution in [3.8, 4) is 0 Å². The summed E-state index contributed by atoms with van der Waals surface area (Å²) >= 11 is 12.8. The number of ether oxygens (including phenoxy) is 3. The average molecular weight is 1040 g/mol. The molecule has 1 aromatic heterocycles. The van der Waals surface area contributed by atoms with Crippen LogP contribution >= 0.6 is 23.2 Å². The Morgan fingerprint density at radius 1 is 0.822 bits per heavy atom. The zero-order valence-corrected chi connectivity index (χ0v) is 41.5. The van der Waals surface area contributed by atoms with E-state index in [-0.39, 0.29) is 58.4 Å². The molecule has 2 saturated heterocycles. The second-order valence-electron chi connectivity index (χ2n) is 18.9. The number of amides is 6. The normalized spacial score (nSPS) is 21.9. The summed E-state index contributed by atoms with van der Waals surface area (Å²) in [6.07, 6.45) is 7.38. The smallest absolute Gasteiger partial charge is 0.264 e. The van der Waals surface area contributed by atoms with Crippen LogP contribution in [0.1, 0.15) is 119 Å². The lowest BCUT2D eigenvalue weighted by molar-refractivity contribution is -0.136. The first-order valence-corrected chi connectivity index (χ1v) is 25.5. The van der Waals surface area contributed by atoms with E-state index in [4.69, 9.17) is 37.4 Å². The number of nitrogens with one attached hydrogen (secondary N) is 5. The molecule has 2 spiro atoms. The molecule has 3 aromatic carbocycles. The van der Waals surface area contributed by atoms with Gasteiger partial charge >= 0.3 is 0 Å². The van der Waals surface area contributed by atoms with Crippen LogP contribution in [0.15, 0.2) is 72.9 Å². The Morgan fingerprint density at radius 2 is 1.56 bits per heavy atom. The predicted molar refractivity (Wildman–Crippen MR) is 268 cm³/mol. The molecule has 1 unspecified atom stereocenters. The van der Waals surface area contributed by atoms with Crippen LogP contribution in [0.3, 0.4) is 0 Å². The average Bonchev–Trinajstić information content (AvgIpc) is 3.97. The Kier molecular flexibility index (Phi) is 16.0. The highest BCUT2D eigenvalue weighted by Crippen LogP contribution is 2.63. The molecule has 4 aliphatic heterocycles. The zero-order valence-electron chi connectivity index (χ0n) is 40.0. The van der Waals surface area contributed by atoms with E-state index >= 15 is 4.39 Å². The molecule has 5 N–H and O–H groups in total. The summed E-state index contributed by atoms with van der Waals surface area (Å²) < 4.78 is 33.2. The summed E-state index contributed by atoms with van der Waals surface area (Å²) in [5.41, 5.74) is 0.559. The number of pyridine rings is 1. The number of halogens is 3. The van der Waals surface area contributed by atoms with E-state index in [9.17, 15) is 33.6 Å². The number of carbonyl (C=O) groups is 7. The minimum Gasteiger partial charge on any atom is -0.384 e. The lowest BCUT2D eigenvalue weighted by atomic mass is 9.55. The number of fused-ring (bicyclic) bond motifs is 4. The highest BCUT2D eigenvalue weighted by Gasteiger charge is 2.72. The van der Waals surface area contributed by atoms with E-state index in [2.05, 4.69) is 31.6 Å². The van der Waals surface area contributed by atoms with E-state index < -0.39 is 64.3 Å². The molecule has 73 heavy (non-hydrogen) atoms. The van der Waals surface area contributed by atoms with Crippen molar-refractivity contribution < 1.29 is 52.2 Å². The number of Topliss-reactive ketones (excluding diaryl/α,β-unsaturated/α-hetero) is 1. The first kappa shape index (κ1) is 51.7. The fraction of sp³-hybridized carbons (Fsp3) is 0.434. The molecule has 20 heteroatoms. The topological polar surface area (TPSA) is 223 Å². The number of hydrogen-bond acceptors (Lipinski definition) is 13. The second-order valence-corrected chi connectivity index (χ2v) is 19.8. The van der Waals surface area contributed by atoms with Crippen molar-refractivity contribution in [3.63, 3.8) is 0 Å². The highest BCUT2D eigenvalue weighted by molar-refractivity contribution is 6.31. The number of nitrogens with zero attached hydrogens (tertiary/aromatic N) is 2. The minimum absolute atomic E-state index is 0.0493. The van der Waals surface area contributed by atoms with E-state index in [1.165, 1.54) is 12.3 Å². The number of hydrogen-bond donors (Lipinski definition) is 5. The van der Waals surface area contributed by atoms with Crippen molar-refractivity contribution in [3.05, 3.63) is 117 Å². The van der Waals surface area contributed by atoms with Gasteiger partial charge in [-0.1, -0.05) is 66.7 Å². The summed E-state index contributed by atoms with van der Waals surface area (Å²) in [6.45, 7) is 2.81. The largest absolute Gasteiger partial charge is 0.384 e. The third-order valence-electron chi connectivity index (χ3n) is 14.6. The standard InChI is InChI=1S/C53H56Cl2FN7O10/c54-31-14-16-35-39(29-31)60-51(70)53(35)44(34-10-6-11-36(55)45(34)56)46(62-52(53)20-3-1-4-21-52)48(67)59-32-15-17-37(58-30-32)41(64)13-2-5-23-71-25-27-73-28-26-72-24-8-22-57-38-12-7-9-33-43(38)50(69)63(49(33)68)40-18-19-42(65)61-47(40)66/h6-7,9-12,14-17,29-30,40,44,46,57,62H,1-5,8,13,18-28H2,(H,59,67)(H,60,70)(H,61,65,66)/t40?,44-,46+,53+/m0/s1. The maximum absolute atomic E-state index is 16.2. The van der Waals surface area contributed by atoms with Gasteiger partial charge in [-0.25, -0.2) is 4.39 Å². The Morgan fingerprint density at radius 3 is 2.30 bits per heavy atom. The summed E-state index contributed by atoms with van der Waals surface area (Å²) in [5.74, 6) is -4.88. The maximum Gasteiger partial charge on any atom is 0.264 e. The molecule has 6 amide bonds. The summed E-state index contributed by atoms with van der Waals surface area (Å²) in [4.78, 5) is 97.8. The molecule has 4 atom stereocenters. The molecule has 5 heterocycles. The van der Waals surface area contributed by atoms with E-state index in [1.54, 1.807) is 60.7 Å². The minimum atomic E-state index is -1.37. The van der Waals surface area contributed by atoms with Crippen molar-refractivity contribution >= 4 is 81.5 Å². The number of carbonyl (C=O) groups excluding carboxylic acids is 7. The van der Waals surface area contributed by atoms with Gasteiger partial charge in [0, 0.05) is 60.5 Å². The SMILES string of the molecule is O=C1CCC(N2C(=O)c3cccc(NCCCOCCOCCOCCCCC(=O)c4ccc(NC(=O)[C@@H]5NC6(CCCCC6)[C@@]6(C(=O)Nc7cc(Cl)ccc76)[C@H]5c5cccc(Cl)c5F)cn4)c3C2=O)C(=O)N1. The Bertz CT molecular complexity index is 2810. The monoisotopic (exact) mass is 1040 g/mol. The van der Waals surface area contributed by atoms with Gasteiger partial charge in [0.15, 0.2) is 5.78 Å². The van der Waals surface area contributed by atoms with Crippen LogP contribution in [-0.4, -0.2) is 115 Å². The molecule has 4 aromatic rings. The Balaban J connectivity index is 0.677. The van der Waals surface area contributed by atoms with Crippen LogP contribution in [0.4, 0.5) is 21.5 Å². The van der Waals surface area contributed by atoms with Crippen molar-refractivity contribution in [1.82, 2.24) is 20.5 Å². The van der Waals surface area contributed by atoms with Gasteiger partial charge in [-0.15, -0.1) is 0 Å². The molecule has 0 radical (unpaired) electrons. The summed E-state index contributed by atoms with van der Waals surface area (Å²) in [7, 11) is 0. The quantitative estimate of drug-likeness (QED) is 0.0319. The first-order valence-electron chi connectivity index (χ1n) is 24.8. The van der Waals surface area contributed by atoms with Crippen LogP contribution in [0, 0.1) is 5.82 Å². The van der Waals surface area contributed by atoms with Crippen LogP contribution < -0.4 is 26.6 Å². The van der Waals surface area contributed by atoms with Gasteiger partial charge in [-0.3, -0.25) is 54.1 Å². The van der Waals surface area contributed by atoms with Crippen molar-refractivity contribution in [2.45, 2.75) is 99.6 Å². The van der Waals surface area contributed by atoms with Crippen LogP contribution in [0.2, 0.25) is 10.0 Å². The number of aromatic nitrogens is 1. The number of piperidine rings is 1. The molecule has 9 rings (SSSR count). The van der Waals surface area contributed by atoms with Crippen molar-refractivity contribution in [2.75, 3.05) is 62.1 Å². The number of anilines is 3. The molecule has 3 fully saturated rings. The molecule has 5 aliphatic rings. The third-order valence-corrected chi connectivity index (χ3v) is 15.1. The molecule has 1 aliphatic carbocycles. The fourth-order valence-electron chi connectivity index (χ4n) is 11.3. The summed E-state index contributed by atoms with van der Waals surface area (Å²) in [6, 6.07) is 15.8. The lowest BCUT2D eigenvalue weighted by Gasteiger charge is -2.47. The van der Waals surface area contributed by atoms with Crippen molar-refractivity contribution in [2.24, 2.45) is 0 Å². The van der Waals surface area contributed by atoms with E-state index in [0.717, 1.165) is 24.2 Å². The Labute approximate surface area is 430 Å². The number of rotatable bonds is 21. The second kappa shape index (κ2) is 22.5. The number of imide groups is 2. The number of ketones is 1. The van der Waals surface area contributed by atoms with Gasteiger partial charge in [0.2, 0.25) is 23.6 Å². The third kappa shape index (κ3) is 10.2. The van der Waals surface area contributed by atoms with E-state index in [1.807, 2.05) is 0 Å². The van der Waals surface area contributed by atoms with Crippen LogP contribution in [-0.2, 0) is 38.8 Å². The molecule has 1 saturated carbocycles. The van der Waals surface area contributed by atoms with Crippen LogP contribution in [0.5, 0.6) is 0 Å². The van der Waals surface area contributed by atoms with Gasteiger partial charge in [0.1, 0.15) is 23.0 Å². The molecule has 384 valence electrons. The van der Waals surface area contributed by atoms with Crippen LogP contribution in [0.25, 0.3) is 0 Å². The van der Waals surface area contributed by atoms with Gasteiger partial charge < -0.3 is 30.2 Å². The van der Waals surface area contributed by atoms with Gasteiger partial charge in [0.25, 0.3) is 11.8 Å². The number of benzene rings is 3. The van der Waals surface area contributed by atoms with Gasteiger partial charge in [-0.05, 0) is 92.1 Å². The fourth-order valence-corrected chi connectivity index (χ4v) is 11.6. The van der Waals surface area contributed by atoms with E-state index in [0.29, 0.717) is 106 Å². The van der Waals surface area contributed by atoms with Gasteiger partial charge in [0.05, 0.1) is 60.5 Å². The predicted octanol–water partition coefficient (Wildman–Crippen LogP) is 7.12. The zero-order chi connectivity index (χ0) is 51.3. The molecule has 0 bridgehead atoms. The van der Waals surface area contributed by atoms with Gasteiger partial charge in [-0.2, -0.15) is 0 Å². The maximum atomic E-state index is 16.2.